The van der Waals surface area contributed by atoms with Crippen LogP contribution in [0.15, 0.2) is 70.8 Å². The van der Waals surface area contributed by atoms with Gasteiger partial charge >= 0.3 is 6.18 Å². The summed E-state index contributed by atoms with van der Waals surface area (Å²) in [7, 11) is 1.51. The molecule has 0 atom stereocenters. The van der Waals surface area contributed by atoms with Crippen LogP contribution in [0.25, 0.3) is 17.4 Å². The van der Waals surface area contributed by atoms with Gasteiger partial charge in [0, 0.05) is 30.3 Å². The lowest BCUT2D eigenvalue weighted by molar-refractivity contribution is -0.137. The van der Waals surface area contributed by atoms with Gasteiger partial charge in [0.1, 0.15) is 23.0 Å². The molecule has 7 nitrogen and oxygen atoms in total. The van der Waals surface area contributed by atoms with Crippen LogP contribution in [0.5, 0.6) is 5.75 Å². The molecule has 0 spiro atoms. The Morgan fingerprint density at radius 3 is 2.42 bits per heavy atom. The number of methoxy groups -OCH3 is 1. The number of nitrogens with zero attached hydrogens (tertiary/aromatic N) is 1. The lowest BCUT2D eigenvalue weighted by atomic mass is 10.1. The molecular weight excluding hydrogens is 477 g/mol. The summed E-state index contributed by atoms with van der Waals surface area (Å²) in [5.41, 5.74) is -0.306. The zero-order valence-electron chi connectivity index (χ0n) is 19.3. The molecule has 10 heteroatoms. The van der Waals surface area contributed by atoms with Crippen molar-refractivity contribution in [1.82, 2.24) is 10.2 Å². The fraction of sp³-hybridized carbons (Fsp3) is 0.231. The Morgan fingerprint density at radius 1 is 1.03 bits per heavy atom. The van der Waals surface area contributed by atoms with E-state index >= 15 is 0 Å². The smallest absolute Gasteiger partial charge is 0.416 e. The number of alkyl halides is 3. The van der Waals surface area contributed by atoms with Crippen molar-refractivity contribution < 1.29 is 36.7 Å². The number of hydrogen-bond acceptors (Lipinski definition) is 5. The molecule has 1 N–H and O–H groups in total. The monoisotopic (exact) mass is 500 g/mol. The molecular formula is C26H23F3N2O5. The number of amides is 2. The zero-order chi connectivity index (χ0) is 25.7. The van der Waals surface area contributed by atoms with Crippen LogP contribution < -0.4 is 10.1 Å². The zero-order valence-corrected chi connectivity index (χ0v) is 19.3. The van der Waals surface area contributed by atoms with E-state index < -0.39 is 23.6 Å². The van der Waals surface area contributed by atoms with E-state index in [1.165, 1.54) is 37.5 Å². The van der Waals surface area contributed by atoms with Crippen LogP contribution in [-0.2, 0) is 15.7 Å². The highest BCUT2D eigenvalue weighted by atomic mass is 19.4. The molecule has 4 rings (SSSR count). The highest BCUT2D eigenvalue weighted by Crippen LogP contribution is 2.33. The van der Waals surface area contributed by atoms with Crippen molar-refractivity contribution in [2.45, 2.75) is 6.18 Å². The number of ether oxygens (including phenoxy) is 2. The highest BCUT2D eigenvalue weighted by molar-refractivity contribution is 6.05. The summed E-state index contributed by atoms with van der Waals surface area (Å²) in [4.78, 5) is 27.6. The number of furan rings is 1. The summed E-state index contributed by atoms with van der Waals surface area (Å²) >= 11 is 0. The Balaban J connectivity index is 1.62. The molecule has 1 saturated heterocycles. The summed E-state index contributed by atoms with van der Waals surface area (Å²) in [5.74, 6) is -0.00202. The number of benzene rings is 2. The van der Waals surface area contributed by atoms with Crippen molar-refractivity contribution in [3.63, 3.8) is 0 Å². The molecule has 188 valence electrons. The molecule has 36 heavy (non-hydrogen) atoms. The average Bonchev–Trinajstić information content (AvgIpc) is 3.36. The SMILES string of the molecule is COc1ccc(C(=O)N/C(=C\c2ccc(-c3cccc(C(F)(F)F)c3)o2)C(=O)N2CCOCC2)cc1. The molecule has 1 aliphatic heterocycles. The molecule has 0 aliphatic carbocycles. The summed E-state index contributed by atoms with van der Waals surface area (Å²) in [6.45, 7) is 1.43. The first kappa shape index (κ1) is 25.1. The van der Waals surface area contributed by atoms with Gasteiger partial charge in [0.15, 0.2) is 0 Å². The van der Waals surface area contributed by atoms with Gasteiger partial charge in [-0.15, -0.1) is 0 Å². The summed E-state index contributed by atoms with van der Waals surface area (Å²) < 4.78 is 55.4. The first-order valence-electron chi connectivity index (χ1n) is 11.1. The normalized spacial score (nSPS) is 14.4. The Kier molecular flexibility index (Phi) is 7.44. The van der Waals surface area contributed by atoms with E-state index in [0.717, 1.165) is 12.1 Å². The quantitative estimate of drug-likeness (QED) is 0.501. The second kappa shape index (κ2) is 10.7. The van der Waals surface area contributed by atoms with Gasteiger partial charge in [-0.2, -0.15) is 13.2 Å². The van der Waals surface area contributed by atoms with Crippen molar-refractivity contribution >= 4 is 17.9 Å². The van der Waals surface area contributed by atoms with Gasteiger partial charge in [-0.05, 0) is 48.5 Å². The van der Waals surface area contributed by atoms with Gasteiger partial charge in [0.25, 0.3) is 11.8 Å². The summed E-state index contributed by atoms with van der Waals surface area (Å²) in [6.07, 6.45) is -3.13. The van der Waals surface area contributed by atoms with Crippen LogP contribution in [0.3, 0.4) is 0 Å². The standard InChI is InChI=1S/C26H23F3N2O5/c1-34-20-7-5-17(6-8-20)24(32)30-22(25(33)31-11-13-35-14-12-31)16-21-9-10-23(36-21)18-3-2-4-19(15-18)26(27,28)29/h2-10,15-16H,11-14H2,1H3,(H,30,32)/b22-16-. The third kappa shape index (κ3) is 5.95. The van der Waals surface area contributed by atoms with Gasteiger partial charge < -0.3 is 24.1 Å². The maximum Gasteiger partial charge on any atom is 0.416 e. The molecule has 0 unspecified atom stereocenters. The first-order chi connectivity index (χ1) is 17.2. The number of halogens is 3. The Labute approximate surface area is 205 Å². The van der Waals surface area contributed by atoms with Crippen molar-refractivity contribution in [2.75, 3.05) is 33.4 Å². The van der Waals surface area contributed by atoms with Crippen LogP contribution in [-0.4, -0.2) is 50.1 Å². The van der Waals surface area contributed by atoms with Crippen LogP contribution in [0.1, 0.15) is 21.7 Å². The predicted molar refractivity (Wildman–Crippen MR) is 125 cm³/mol. The number of rotatable bonds is 6. The fourth-order valence-electron chi connectivity index (χ4n) is 3.60. The molecule has 1 aromatic heterocycles. The van der Waals surface area contributed by atoms with Crippen LogP contribution in [0, 0.1) is 0 Å². The molecule has 0 bridgehead atoms. The maximum atomic E-state index is 13.2. The van der Waals surface area contributed by atoms with E-state index in [1.54, 1.807) is 29.2 Å². The predicted octanol–water partition coefficient (Wildman–Crippen LogP) is 4.60. The lowest BCUT2D eigenvalue weighted by Crippen LogP contribution is -2.44. The largest absolute Gasteiger partial charge is 0.497 e. The Morgan fingerprint density at radius 2 is 1.75 bits per heavy atom. The van der Waals surface area contributed by atoms with Crippen molar-refractivity contribution in [3.05, 3.63) is 83.2 Å². The van der Waals surface area contributed by atoms with Gasteiger partial charge in [-0.1, -0.05) is 12.1 Å². The Bertz CT molecular complexity index is 1260. The number of nitrogens with one attached hydrogen (secondary N) is 1. The molecule has 0 saturated carbocycles. The molecule has 1 fully saturated rings. The van der Waals surface area contributed by atoms with Gasteiger partial charge in [0.2, 0.25) is 0 Å². The van der Waals surface area contributed by atoms with Gasteiger partial charge in [-0.25, -0.2) is 0 Å². The van der Waals surface area contributed by atoms with E-state index in [1.807, 2.05) is 0 Å². The number of hydrogen-bond donors (Lipinski definition) is 1. The minimum Gasteiger partial charge on any atom is -0.497 e. The van der Waals surface area contributed by atoms with E-state index in [2.05, 4.69) is 5.32 Å². The average molecular weight is 500 g/mol. The molecule has 2 heterocycles. The number of carbonyl (C=O) groups is 2. The molecule has 0 radical (unpaired) electrons. The van der Waals surface area contributed by atoms with Crippen molar-refractivity contribution in [2.24, 2.45) is 0 Å². The minimum absolute atomic E-state index is 0.0392. The molecule has 2 amide bonds. The van der Waals surface area contributed by atoms with E-state index in [-0.39, 0.29) is 22.8 Å². The van der Waals surface area contributed by atoms with E-state index in [0.29, 0.717) is 37.6 Å². The van der Waals surface area contributed by atoms with E-state index in [4.69, 9.17) is 13.9 Å². The third-order valence-corrected chi connectivity index (χ3v) is 5.52. The fourth-order valence-corrected chi connectivity index (χ4v) is 3.60. The van der Waals surface area contributed by atoms with Gasteiger partial charge in [-0.3, -0.25) is 9.59 Å². The third-order valence-electron chi connectivity index (χ3n) is 5.52. The van der Waals surface area contributed by atoms with Crippen molar-refractivity contribution in [1.29, 1.82) is 0 Å². The van der Waals surface area contributed by atoms with Crippen LogP contribution >= 0.6 is 0 Å². The topological polar surface area (TPSA) is 81.0 Å². The van der Waals surface area contributed by atoms with E-state index in [9.17, 15) is 22.8 Å². The Hall–Kier alpha value is -4.05. The van der Waals surface area contributed by atoms with Gasteiger partial charge in [0.05, 0.1) is 25.9 Å². The van der Waals surface area contributed by atoms with Crippen molar-refractivity contribution in [3.8, 4) is 17.1 Å². The van der Waals surface area contributed by atoms with Crippen LogP contribution in [0.4, 0.5) is 13.2 Å². The molecule has 3 aromatic rings. The first-order valence-corrected chi connectivity index (χ1v) is 11.1. The van der Waals surface area contributed by atoms with Crippen LogP contribution in [0.2, 0.25) is 0 Å². The molecule has 1 aliphatic rings. The minimum atomic E-state index is -4.49. The maximum absolute atomic E-state index is 13.2. The second-order valence-corrected chi connectivity index (χ2v) is 7.93. The summed E-state index contributed by atoms with van der Waals surface area (Å²) in [6, 6.07) is 14.1. The second-order valence-electron chi connectivity index (χ2n) is 7.93. The number of morpholine rings is 1. The highest BCUT2D eigenvalue weighted by Gasteiger charge is 2.30. The lowest BCUT2D eigenvalue weighted by Gasteiger charge is -2.27. The number of carbonyl (C=O) groups excluding carboxylic acids is 2. The molecule has 2 aromatic carbocycles. The summed E-state index contributed by atoms with van der Waals surface area (Å²) in [5, 5.41) is 2.63.